The van der Waals surface area contributed by atoms with Crippen molar-refractivity contribution in [3.8, 4) is 0 Å². The Hall–Kier alpha value is -2.43. The van der Waals surface area contributed by atoms with E-state index in [2.05, 4.69) is 0 Å². The van der Waals surface area contributed by atoms with Crippen molar-refractivity contribution in [1.29, 1.82) is 0 Å². The number of benzene rings is 2. The molecule has 2 aromatic carbocycles. The summed E-state index contributed by atoms with van der Waals surface area (Å²) >= 11 is 0. The number of anilines is 1. The van der Waals surface area contributed by atoms with Gasteiger partial charge in [-0.15, -0.1) is 0 Å². The van der Waals surface area contributed by atoms with Gasteiger partial charge in [-0.05, 0) is 29.8 Å². The van der Waals surface area contributed by atoms with Crippen molar-refractivity contribution in [1.82, 2.24) is 0 Å². The maximum Gasteiger partial charge on any atom is 0.269 e. The molecular formula is C14H13FN2O2. The molecule has 0 atom stereocenters. The van der Waals surface area contributed by atoms with Crippen molar-refractivity contribution in [2.75, 3.05) is 11.9 Å². The molecule has 0 N–H and O–H groups in total. The molecule has 4 nitrogen and oxygen atoms in total. The number of nitrogens with zero attached hydrogens (tertiary/aromatic N) is 2. The van der Waals surface area contributed by atoms with Crippen LogP contribution in [0.15, 0.2) is 48.5 Å². The highest BCUT2D eigenvalue weighted by Crippen LogP contribution is 2.20. The van der Waals surface area contributed by atoms with Gasteiger partial charge in [-0.25, -0.2) is 4.39 Å². The van der Waals surface area contributed by atoms with Gasteiger partial charge in [0.05, 0.1) is 4.92 Å². The highest BCUT2D eigenvalue weighted by Gasteiger charge is 2.07. The average molecular weight is 260 g/mol. The molecule has 0 heterocycles. The number of nitro benzene ring substituents is 1. The Kier molecular flexibility index (Phi) is 3.75. The fraction of sp³-hybridized carbons (Fsp3) is 0.143. The molecule has 2 rings (SSSR count). The molecule has 0 unspecified atom stereocenters. The zero-order valence-corrected chi connectivity index (χ0v) is 10.4. The van der Waals surface area contributed by atoms with Crippen LogP contribution >= 0.6 is 0 Å². The Morgan fingerprint density at radius 3 is 2.47 bits per heavy atom. The molecule has 98 valence electrons. The van der Waals surface area contributed by atoms with Crippen LogP contribution in [0.1, 0.15) is 5.56 Å². The van der Waals surface area contributed by atoms with Gasteiger partial charge >= 0.3 is 0 Å². The van der Waals surface area contributed by atoms with Gasteiger partial charge in [0.15, 0.2) is 0 Å². The fourth-order valence-corrected chi connectivity index (χ4v) is 1.83. The number of halogens is 1. The van der Waals surface area contributed by atoms with Gasteiger partial charge in [-0.1, -0.05) is 12.1 Å². The summed E-state index contributed by atoms with van der Waals surface area (Å²) in [6, 6.07) is 12.6. The maximum atomic E-state index is 13.1. The monoisotopic (exact) mass is 260 g/mol. The number of non-ortho nitro benzene ring substituents is 1. The molecule has 0 saturated heterocycles. The third kappa shape index (κ3) is 3.28. The van der Waals surface area contributed by atoms with Crippen molar-refractivity contribution in [3.05, 3.63) is 70.0 Å². The van der Waals surface area contributed by atoms with E-state index in [0.29, 0.717) is 6.54 Å². The van der Waals surface area contributed by atoms with E-state index in [0.717, 1.165) is 11.3 Å². The van der Waals surface area contributed by atoms with E-state index in [-0.39, 0.29) is 11.5 Å². The number of hydrogen-bond acceptors (Lipinski definition) is 3. The topological polar surface area (TPSA) is 46.4 Å². The van der Waals surface area contributed by atoms with Crippen LogP contribution in [0.25, 0.3) is 0 Å². The summed E-state index contributed by atoms with van der Waals surface area (Å²) in [6.07, 6.45) is 0. The third-order valence-electron chi connectivity index (χ3n) is 2.81. The number of hydrogen-bond donors (Lipinski definition) is 0. The van der Waals surface area contributed by atoms with Crippen LogP contribution < -0.4 is 4.90 Å². The molecule has 0 fully saturated rings. The van der Waals surface area contributed by atoms with Gasteiger partial charge in [-0.3, -0.25) is 10.1 Å². The summed E-state index contributed by atoms with van der Waals surface area (Å²) in [5, 5.41) is 10.6. The largest absolute Gasteiger partial charge is 0.370 e. The molecular weight excluding hydrogens is 247 g/mol. The lowest BCUT2D eigenvalue weighted by atomic mass is 10.2. The minimum atomic E-state index is -0.434. The van der Waals surface area contributed by atoms with Gasteiger partial charge in [0.25, 0.3) is 5.69 Å². The van der Waals surface area contributed by atoms with Crippen molar-refractivity contribution in [2.45, 2.75) is 6.54 Å². The number of rotatable bonds is 4. The first-order valence-electron chi connectivity index (χ1n) is 5.76. The normalized spacial score (nSPS) is 10.2. The van der Waals surface area contributed by atoms with E-state index < -0.39 is 4.92 Å². The van der Waals surface area contributed by atoms with E-state index in [9.17, 15) is 14.5 Å². The van der Waals surface area contributed by atoms with Crippen molar-refractivity contribution in [3.63, 3.8) is 0 Å². The van der Waals surface area contributed by atoms with Gasteiger partial charge in [0, 0.05) is 31.4 Å². The van der Waals surface area contributed by atoms with E-state index in [4.69, 9.17) is 0 Å². The van der Waals surface area contributed by atoms with Crippen molar-refractivity contribution >= 4 is 11.4 Å². The minimum Gasteiger partial charge on any atom is -0.370 e. The second-order valence-corrected chi connectivity index (χ2v) is 4.26. The Labute approximate surface area is 110 Å². The van der Waals surface area contributed by atoms with Crippen LogP contribution in [0, 0.1) is 15.9 Å². The predicted molar refractivity (Wildman–Crippen MR) is 71.6 cm³/mol. The van der Waals surface area contributed by atoms with E-state index in [1.807, 2.05) is 18.0 Å². The fourth-order valence-electron chi connectivity index (χ4n) is 1.83. The smallest absolute Gasteiger partial charge is 0.269 e. The third-order valence-corrected chi connectivity index (χ3v) is 2.81. The summed E-state index contributed by atoms with van der Waals surface area (Å²) in [5.74, 6) is -0.269. The van der Waals surface area contributed by atoms with Gasteiger partial charge in [0.1, 0.15) is 5.82 Å². The highest BCUT2D eigenvalue weighted by atomic mass is 19.1. The lowest BCUT2D eigenvalue weighted by Gasteiger charge is -2.19. The van der Waals surface area contributed by atoms with Crippen molar-refractivity contribution in [2.24, 2.45) is 0 Å². The highest BCUT2D eigenvalue weighted by molar-refractivity contribution is 5.50. The van der Waals surface area contributed by atoms with Crippen LogP contribution in [0.5, 0.6) is 0 Å². The Bertz CT molecular complexity index is 584. The molecule has 0 aliphatic carbocycles. The molecule has 0 saturated carbocycles. The summed E-state index contributed by atoms with van der Waals surface area (Å²) in [4.78, 5) is 12.0. The SMILES string of the molecule is CN(Cc1cccc(F)c1)c1ccc([N+](=O)[O-])cc1. The maximum absolute atomic E-state index is 13.1. The average Bonchev–Trinajstić information content (AvgIpc) is 2.39. The zero-order valence-electron chi connectivity index (χ0n) is 10.4. The lowest BCUT2D eigenvalue weighted by Crippen LogP contribution is -2.16. The summed E-state index contributed by atoms with van der Waals surface area (Å²) < 4.78 is 13.1. The lowest BCUT2D eigenvalue weighted by molar-refractivity contribution is -0.384. The summed E-state index contributed by atoms with van der Waals surface area (Å²) in [5.41, 5.74) is 1.75. The second-order valence-electron chi connectivity index (χ2n) is 4.26. The molecule has 0 radical (unpaired) electrons. The standard InChI is InChI=1S/C14H13FN2O2/c1-16(10-11-3-2-4-12(15)9-11)13-5-7-14(8-6-13)17(18)19/h2-9H,10H2,1H3. The molecule has 0 spiro atoms. The Morgan fingerprint density at radius 1 is 1.21 bits per heavy atom. The predicted octanol–water partition coefficient (Wildman–Crippen LogP) is 3.37. The Balaban J connectivity index is 2.11. The molecule has 19 heavy (non-hydrogen) atoms. The molecule has 0 aliphatic heterocycles. The van der Waals surface area contributed by atoms with Crippen molar-refractivity contribution < 1.29 is 9.31 Å². The molecule has 0 amide bonds. The second kappa shape index (κ2) is 5.48. The Morgan fingerprint density at radius 2 is 1.89 bits per heavy atom. The van der Waals surface area contributed by atoms with Crippen LogP contribution in [-0.4, -0.2) is 12.0 Å². The molecule has 0 aliphatic rings. The van der Waals surface area contributed by atoms with Gasteiger partial charge in [-0.2, -0.15) is 0 Å². The number of nitro groups is 1. The molecule has 0 aromatic heterocycles. The van der Waals surface area contributed by atoms with E-state index >= 15 is 0 Å². The van der Waals surface area contributed by atoms with E-state index in [1.165, 1.54) is 24.3 Å². The summed E-state index contributed by atoms with van der Waals surface area (Å²) in [7, 11) is 1.85. The van der Waals surface area contributed by atoms with Crippen LogP contribution in [0.3, 0.4) is 0 Å². The van der Waals surface area contributed by atoms with E-state index in [1.54, 1.807) is 18.2 Å². The minimum absolute atomic E-state index is 0.0582. The zero-order chi connectivity index (χ0) is 13.8. The van der Waals surface area contributed by atoms with Crippen LogP contribution in [0.2, 0.25) is 0 Å². The first-order valence-corrected chi connectivity index (χ1v) is 5.76. The van der Waals surface area contributed by atoms with Crippen LogP contribution in [0.4, 0.5) is 15.8 Å². The molecule has 0 bridgehead atoms. The van der Waals surface area contributed by atoms with Gasteiger partial charge < -0.3 is 4.90 Å². The van der Waals surface area contributed by atoms with Crippen LogP contribution in [-0.2, 0) is 6.54 Å². The first kappa shape index (κ1) is 13.0. The quantitative estimate of drug-likeness (QED) is 0.625. The summed E-state index contributed by atoms with van der Waals surface area (Å²) in [6.45, 7) is 0.537. The first-order chi connectivity index (χ1) is 9.06. The van der Waals surface area contributed by atoms with Gasteiger partial charge in [0.2, 0.25) is 0 Å². The molecule has 5 heteroatoms. The molecule has 2 aromatic rings.